The predicted octanol–water partition coefficient (Wildman–Crippen LogP) is 0.800. The van der Waals surface area contributed by atoms with Crippen molar-refractivity contribution in [2.24, 2.45) is 0 Å². The van der Waals surface area contributed by atoms with Crippen molar-refractivity contribution in [2.45, 2.75) is 6.92 Å². The molecule has 1 aliphatic rings. The molecule has 2 aromatic heterocycles. The average molecular weight is 176 g/mol. The summed E-state index contributed by atoms with van der Waals surface area (Å²) in [7, 11) is 0. The van der Waals surface area contributed by atoms with Gasteiger partial charge in [0.05, 0.1) is 0 Å². The second kappa shape index (κ2) is 2.12. The Hall–Kier alpha value is -1.78. The van der Waals surface area contributed by atoms with Gasteiger partial charge in [-0.1, -0.05) is 0 Å². The molecule has 3 heterocycles. The number of anilines is 1. The Bertz CT molecular complexity index is 476. The number of ether oxygens (including phenoxy) is 1. The molecule has 0 bridgehead atoms. The lowest BCUT2D eigenvalue weighted by atomic mass is 10.4. The average Bonchev–Trinajstić information content (AvgIpc) is 2.47. The lowest BCUT2D eigenvalue weighted by molar-refractivity contribution is 0.344. The van der Waals surface area contributed by atoms with Gasteiger partial charge >= 0.3 is 0 Å². The minimum Gasteiger partial charge on any atom is -0.471 e. The van der Waals surface area contributed by atoms with E-state index < -0.39 is 0 Å². The summed E-state index contributed by atoms with van der Waals surface area (Å²) in [5, 5.41) is 7.18. The number of aromatic nitrogens is 3. The van der Waals surface area contributed by atoms with Crippen LogP contribution < -0.4 is 10.1 Å². The Balaban J connectivity index is 2.51. The Labute approximate surface area is 74.3 Å². The molecule has 0 saturated heterocycles. The zero-order valence-corrected chi connectivity index (χ0v) is 7.11. The third kappa shape index (κ3) is 0.756. The van der Waals surface area contributed by atoms with Crippen LogP contribution in [0.25, 0.3) is 5.52 Å². The first-order valence-electron chi connectivity index (χ1n) is 4.06. The quantitative estimate of drug-likeness (QED) is 0.645. The molecule has 0 amide bonds. The van der Waals surface area contributed by atoms with Crippen molar-refractivity contribution in [1.82, 2.24) is 14.6 Å². The summed E-state index contributed by atoms with van der Waals surface area (Å²) in [6, 6.07) is 1.97. The standard InChI is InChI=1S/C8H8N4O/c1-5-2-6-7-8(10-4-13-6)9-3-11-12(5)7/h2-3H,4H2,1H3,(H,9,10,11). The van der Waals surface area contributed by atoms with Crippen LogP contribution in [0.5, 0.6) is 5.75 Å². The van der Waals surface area contributed by atoms with Crippen LogP contribution in [0.3, 0.4) is 0 Å². The van der Waals surface area contributed by atoms with Crippen LogP contribution in [0.1, 0.15) is 5.69 Å². The third-order valence-corrected chi connectivity index (χ3v) is 2.16. The van der Waals surface area contributed by atoms with Gasteiger partial charge in [-0.25, -0.2) is 9.50 Å². The third-order valence-electron chi connectivity index (χ3n) is 2.16. The van der Waals surface area contributed by atoms with Crippen LogP contribution in [0, 0.1) is 6.92 Å². The fourth-order valence-corrected chi connectivity index (χ4v) is 1.58. The highest BCUT2D eigenvalue weighted by molar-refractivity contribution is 5.77. The Kier molecular flexibility index (Phi) is 1.10. The van der Waals surface area contributed by atoms with Gasteiger partial charge in [-0.05, 0) is 6.92 Å². The summed E-state index contributed by atoms with van der Waals surface area (Å²) in [4.78, 5) is 4.13. The van der Waals surface area contributed by atoms with Crippen molar-refractivity contribution < 1.29 is 4.74 Å². The number of hydrogen-bond donors (Lipinski definition) is 1. The van der Waals surface area contributed by atoms with E-state index in [1.807, 2.05) is 17.5 Å². The molecule has 0 radical (unpaired) electrons. The van der Waals surface area contributed by atoms with E-state index >= 15 is 0 Å². The van der Waals surface area contributed by atoms with Crippen molar-refractivity contribution in [3.8, 4) is 5.75 Å². The second-order valence-electron chi connectivity index (χ2n) is 2.98. The summed E-state index contributed by atoms with van der Waals surface area (Å²) >= 11 is 0. The molecule has 2 aromatic rings. The maximum atomic E-state index is 5.40. The number of nitrogens with one attached hydrogen (secondary N) is 1. The fourth-order valence-electron chi connectivity index (χ4n) is 1.58. The van der Waals surface area contributed by atoms with Crippen molar-refractivity contribution in [3.05, 3.63) is 18.1 Å². The van der Waals surface area contributed by atoms with Crippen LogP contribution >= 0.6 is 0 Å². The van der Waals surface area contributed by atoms with Gasteiger partial charge in [-0.2, -0.15) is 5.10 Å². The summed E-state index contributed by atoms with van der Waals surface area (Å²) in [6.45, 7) is 2.46. The van der Waals surface area contributed by atoms with Gasteiger partial charge < -0.3 is 10.1 Å². The SMILES string of the molecule is Cc1cc2c3c(ncnn13)NCO2. The molecule has 0 aromatic carbocycles. The number of hydrogen-bond acceptors (Lipinski definition) is 4. The predicted molar refractivity (Wildman–Crippen MR) is 46.8 cm³/mol. The summed E-state index contributed by atoms with van der Waals surface area (Å²) in [5.41, 5.74) is 1.98. The Morgan fingerprint density at radius 2 is 2.54 bits per heavy atom. The fraction of sp³-hybridized carbons (Fsp3) is 0.250. The van der Waals surface area contributed by atoms with E-state index in [9.17, 15) is 0 Å². The highest BCUT2D eigenvalue weighted by Crippen LogP contribution is 2.30. The zero-order chi connectivity index (χ0) is 8.84. The summed E-state index contributed by atoms with van der Waals surface area (Å²) in [6.07, 6.45) is 1.54. The van der Waals surface area contributed by atoms with E-state index in [-0.39, 0.29) is 0 Å². The second-order valence-corrected chi connectivity index (χ2v) is 2.98. The summed E-state index contributed by atoms with van der Waals surface area (Å²) in [5.74, 6) is 1.69. The van der Waals surface area contributed by atoms with E-state index in [0.717, 1.165) is 22.8 Å². The van der Waals surface area contributed by atoms with Crippen molar-refractivity contribution in [1.29, 1.82) is 0 Å². The molecule has 0 atom stereocenters. The molecule has 1 N–H and O–H groups in total. The topological polar surface area (TPSA) is 51.5 Å². The Morgan fingerprint density at radius 3 is 3.46 bits per heavy atom. The molecule has 0 aliphatic carbocycles. The highest BCUT2D eigenvalue weighted by atomic mass is 16.5. The maximum Gasteiger partial charge on any atom is 0.160 e. The minimum absolute atomic E-state index is 0.475. The molecular weight excluding hydrogens is 168 g/mol. The summed E-state index contributed by atoms with van der Waals surface area (Å²) < 4.78 is 7.23. The van der Waals surface area contributed by atoms with Crippen LogP contribution in [-0.2, 0) is 0 Å². The van der Waals surface area contributed by atoms with Crippen LogP contribution in [0.2, 0.25) is 0 Å². The van der Waals surface area contributed by atoms with Gasteiger partial charge in [-0.15, -0.1) is 0 Å². The first-order chi connectivity index (χ1) is 6.36. The Morgan fingerprint density at radius 1 is 1.62 bits per heavy atom. The smallest absolute Gasteiger partial charge is 0.160 e. The monoisotopic (exact) mass is 176 g/mol. The molecule has 0 saturated carbocycles. The van der Waals surface area contributed by atoms with Crippen molar-refractivity contribution in [3.63, 3.8) is 0 Å². The molecule has 13 heavy (non-hydrogen) atoms. The van der Waals surface area contributed by atoms with Gasteiger partial charge in [0, 0.05) is 11.8 Å². The van der Waals surface area contributed by atoms with E-state index in [0.29, 0.717) is 6.73 Å². The molecule has 5 nitrogen and oxygen atoms in total. The zero-order valence-electron chi connectivity index (χ0n) is 7.11. The molecule has 0 fully saturated rings. The molecular formula is C8H8N4O. The van der Waals surface area contributed by atoms with E-state index in [1.54, 1.807) is 0 Å². The van der Waals surface area contributed by atoms with Gasteiger partial charge in [0.2, 0.25) is 0 Å². The molecule has 0 unspecified atom stereocenters. The largest absolute Gasteiger partial charge is 0.471 e. The molecule has 5 heteroatoms. The first-order valence-corrected chi connectivity index (χ1v) is 4.06. The number of aryl methyl sites for hydroxylation is 1. The van der Waals surface area contributed by atoms with Gasteiger partial charge in [0.15, 0.2) is 18.3 Å². The lowest BCUT2D eigenvalue weighted by Gasteiger charge is -2.14. The first kappa shape index (κ1) is 6.71. The minimum atomic E-state index is 0.475. The van der Waals surface area contributed by atoms with E-state index in [1.165, 1.54) is 6.33 Å². The maximum absolute atomic E-state index is 5.40. The van der Waals surface area contributed by atoms with Crippen LogP contribution in [-0.4, -0.2) is 21.3 Å². The van der Waals surface area contributed by atoms with Crippen LogP contribution in [0.4, 0.5) is 5.82 Å². The number of nitrogens with zero attached hydrogens (tertiary/aromatic N) is 3. The van der Waals surface area contributed by atoms with Gasteiger partial charge in [0.1, 0.15) is 11.8 Å². The van der Waals surface area contributed by atoms with E-state index in [2.05, 4.69) is 15.4 Å². The van der Waals surface area contributed by atoms with Crippen molar-refractivity contribution in [2.75, 3.05) is 12.0 Å². The van der Waals surface area contributed by atoms with Gasteiger partial charge in [-0.3, -0.25) is 0 Å². The normalized spacial score (nSPS) is 13.9. The molecule has 0 spiro atoms. The van der Waals surface area contributed by atoms with Crippen molar-refractivity contribution >= 4 is 11.3 Å². The molecule has 1 aliphatic heterocycles. The number of rotatable bonds is 0. The van der Waals surface area contributed by atoms with Crippen LogP contribution in [0.15, 0.2) is 12.4 Å². The van der Waals surface area contributed by atoms with Gasteiger partial charge in [0.25, 0.3) is 0 Å². The highest BCUT2D eigenvalue weighted by Gasteiger charge is 2.17. The molecule has 3 rings (SSSR count). The lowest BCUT2D eigenvalue weighted by Crippen LogP contribution is -2.15. The molecule has 66 valence electrons. The van der Waals surface area contributed by atoms with E-state index in [4.69, 9.17) is 4.74 Å².